The van der Waals surface area contributed by atoms with E-state index in [0.717, 1.165) is 12.1 Å². The quantitative estimate of drug-likeness (QED) is 0.582. The highest BCUT2D eigenvalue weighted by atomic mass is 79.9. The van der Waals surface area contributed by atoms with Gasteiger partial charge >= 0.3 is 18.1 Å². The molecule has 0 heterocycles. The van der Waals surface area contributed by atoms with Crippen molar-refractivity contribution in [2.24, 2.45) is 0 Å². The number of carbonyl (C=O) groups is 2. The van der Waals surface area contributed by atoms with Gasteiger partial charge in [0.05, 0.1) is 29.0 Å². The molecule has 0 aliphatic carbocycles. The van der Waals surface area contributed by atoms with Crippen LogP contribution in [-0.2, 0) is 20.9 Å². The van der Waals surface area contributed by atoms with Crippen molar-refractivity contribution in [1.82, 2.24) is 0 Å². The van der Waals surface area contributed by atoms with Crippen LogP contribution in [0.3, 0.4) is 0 Å². The van der Waals surface area contributed by atoms with E-state index in [2.05, 4.69) is 15.9 Å². The van der Waals surface area contributed by atoms with Crippen LogP contribution in [0.1, 0.15) is 33.2 Å². The lowest BCUT2D eigenvalue weighted by molar-refractivity contribution is -0.137. The maximum atomic E-state index is 13.0. The molecular weight excluding hydrogens is 483 g/mol. The Morgan fingerprint density at radius 1 is 1.14 bits per heavy atom. The fourth-order valence-corrected chi connectivity index (χ4v) is 4.36. The summed E-state index contributed by atoms with van der Waals surface area (Å²) in [5.74, 6) is -2.34. The first-order chi connectivity index (χ1) is 13.3. The first-order valence-corrected chi connectivity index (χ1v) is 10.1. The van der Waals surface area contributed by atoms with Crippen LogP contribution in [0, 0.1) is 0 Å². The zero-order valence-electron chi connectivity index (χ0n) is 14.6. The standard InChI is InChI=1S/C17H13BrF3NO6S/c1-2-28-16(25)9-3-4-14(13(18)7-9)29(26,27)22-12-6-10(15(23)24)5-11(8-12)17(19,20)21/h3-8,22H,2H2,1H3,(H,23,24). The number of sulfonamides is 1. The van der Waals surface area contributed by atoms with Gasteiger partial charge in [-0.1, -0.05) is 0 Å². The SMILES string of the molecule is CCOC(=O)c1ccc(S(=O)(=O)Nc2cc(C(=O)O)cc(C(F)(F)F)c2)c(Br)c1. The monoisotopic (exact) mass is 495 g/mol. The zero-order chi connectivity index (χ0) is 22.0. The van der Waals surface area contributed by atoms with Crippen molar-refractivity contribution in [3.8, 4) is 0 Å². The smallest absolute Gasteiger partial charge is 0.416 e. The molecule has 29 heavy (non-hydrogen) atoms. The fraction of sp³-hybridized carbons (Fsp3) is 0.176. The largest absolute Gasteiger partial charge is 0.478 e. The van der Waals surface area contributed by atoms with Crippen molar-refractivity contribution >= 4 is 43.6 Å². The number of aromatic carboxylic acids is 1. The van der Waals surface area contributed by atoms with E-state index >= 15 is 0 Å². The first kappa shape index (κ1) is 22.7. The first-order valence-electron chi connectivity index (χ1n) is 7.80. The number of carboxylic acid groups (broad SMARTS) is 1. The minimum absolute atomic E-state index is 0.0408. The van der Waals surface area contributed by atoms with Gasteiger partial charge < -0.3 is 9.84 Å². The number of esters is 1. The molecule has 2 aromatic carbocycles. The second-order valence-corrected chi connectivity index (χ2v) is 8.08. The molecule has 0 bridgehead atoms. The van der Waals surface area contributed by atoms with Crippen LogP contribution in [0.5, 0.6) is 0 Å². The summed E-state index contributed by atoms with van der Waals surface area (Å²) < 4.78 is 70.8. The van der Waals surface area contributed by atoms with E-state index in [-0.39, 0.29) is 21.5 Å². The molecule has 0 spiro atoms. The summed E-state index contributed by atoms with van der Waals surface area (Å²) in [5.41, 5.74) is -2.59. The molecule has 0 aromatic heterocycles. The number of benzene rings is 2. The summed E-state index contributed by atoms with van der Waals surface area (Å²) in [4.78, 5) is 22.4. The Kier molecular flexibility index (Phi) is 6.58. The number of carboxylic acids is 1. The number of halogens is 4. The Bertz CT molecular complexity index is 1070. The van der Waals surface area contributed by atoms with Crippen LogP contribution in [0.25, 0.3) is 0 Å². The van der Waals surface area contributed by atoms with Gasteiger partial charge in [-0.05, 0) is 59.3 Å². The molecule has 0 fully saturated rings. The normalized spacial score (nSPS) is 11.8. The predicted octanol–water partition coefficient (Wildman–Crippen LogP) is 4.14. The van der Waals surface area contributed by atoms with Gasteiger partial charge in [-0.3, -0.25) is 4.72 Å². The summed E-state index contributed by atoms with van der Waals surface area (Å²) in [6, 6.07) is 5.04. The number of alkyl halides is 3. The number of carbonyl (C=O) groups excluding carboxylic acids is 1. The summed E-state index contributed by atoms with van der Waals surface area (Å²) in [6.45, 7) is 1.70. The van der Waals surface area contributed by atoms with Gasteiger partial charge in [0.25, 0.3) is 10.0 Å². The lowest BCUT2D eigenvalue weighted by atomic mass is 10.1. The van der Waals surface area contributed by atoms with E-state index in [9.17, 15) is 31.2 Å². The van der Waals surface area contributed by atoms with E-state index < -0.39 is 45.0 Å². The Morgan fingerprint density at radius 2 is 1.79 bits per heavy atom. The number of anilines is 1. The number of ether oxygens (including phenoxy) is 1. The van der Waals surface area contributed by atoms with Gasteiger partial charge in [-0.25, -0.2) is 18.0 Å². The van der Waals surface area contributed by atoms with Crippen LogP contribution in [0.4, 0.5) is 18.9 Å². The van der Waals surface area contributed by atoms with Crippen molar-refractivity contribution in [3.05, 3.63) is 57.6 Å². The van der Waals surface area contributed by atoms with Gasteiger partial charge in [0.2, 0.25) is 0 Å². The fourth-order valence-electron chi connectivity index (χ4n) is 2.24. The summed E-state index contributed by atoms with van der Waals surface area (Å²) in [7, 11) is -4.41. The molecule has 0 saturated carbocycles. The average molecular weight is 496 g/mol. The molecule has 2 rings (SSSR count). The van der Waals surface area contributed by atoms with Gasteiger partial charge in [0, 0.05) is 4.47 Å². The van der Waals surface area contributed by atoms with Gasteiger partial charge in [0.15, 0.2) is 0 Å². The highest BCUT2D eigenvalue weighted by molar-refractivity contribution is 9.10. The van der Waals surface area contributed by atoms with E-state index in [1.54, 1.807) is 6.92 Å². The van der Waals surface area contributed by atoms with Crippen molar-refractivity contribution < 1.29 is 41.0 Å². The molecule has 156 valence electrons. The lowest BCUT2D eigenvalue weighted by Crippen LogP contribution is -2.16. The average Bonchev–Trinajstić information content (AvgIpc) is 2.60. The van der Waals surface area contributed by atoms with E-state index in [1.807, 2.05) is 4.72 Å². The van der Waals surface area contributed by atoms with Gasteiger partial charge in [-0.2, -0.15) is 13.2 Å². The van der Waals surface area contributed by atoms with Gasteiger partial charge in [0.1, 0.15) is 4.90 Å². The third-order valence-electron chi connectivity index (χ3n) is 3.49. The Hall–Kier alpha value is -2.60. The second-order valence-electron chi connectivity index (χ2n) is 5.57. The lowest BCUT2D eigenvalue weighted by Gasteiger charge is -2.14. The predicted molar refractivity (Wildman–Crippen MR) is 99.3 cm³/mol. The number of nitrogens with one attached hydrogen (secondary N) is 1. The highest BCUT2D eigenvalue weighted by Crippen LogP contribution is 2.33. The molecule has 0 aliphatic rings. The van der Waals surface area contributed by atoms with E-state index in [1.165, 1.54) is 12.1 Å². The molecule has 2 aromatic rings. The molecule has 0 aliphatic heterocycles. The maximum absolute atomic E-state index is 13.0. The zero-order valence-corrected chi connectivity index (χ0v) is 17.0. The molecule has 7 nitrogen and oxygen atoms in total. The molecule has 0 radical (unpaired) electrons. The van der Waals surface area contributed by atoms with E-state index in [0.29, 0.717) is 12.1 Å². The molecular formula is C17H13BrF3NO6S. The molecule has 0 saturated heterocycles. The van der Waals surface area contributed by atoms with Crippen LogP contribution in [0.15, 0.2) is 45.8 Å². The van der Waals surface area contributed by atoms with Crippen molar-refractivity contribution in [2.45, 2.75) is 18.0 Å². The molecule has 12 heteroatoms. The third kappa shape index (κ3) is 5.48. The summed E-state index contributed by atoms with van der Waals surface area (Å²) in [5, 5.41) is 8.99. The number of hydrogen-bond acceptors (Lipinski definition) is 5. The molecule has 0 unspecified atom stereocenters. The van der Waals surface area contributed by atoms with Crippen LogP contribution < -0.4 is 4.72 Å². The van der Waals surface area contributed by atoms with Crippen LogP contribution in [-0.4, -0.2) is 32.1 Å². The Morgan fingerprint density at radius 3 is 2.31 bits per heavy atom. The second kappa shape index (κ2) is 8.41. The van der Waals surface area contributed by atoms with Crippen LogP contribution >= 0.6 is 15.9 Å². The minimum atomic E-state index is -4.88. The third-order valence-corrected chi connectivity index (χ3v) is 5.85. The van der Waals surface area contributed by atoms with Crippen molar-refractivity contribution in [2.75, 3.05) is 11.3 Å². The number of rotatable bonds is 6. The number of hydrogen-bond donors (Lipinski definition) is 2. The van der Waals surface area contributed by atoms with Crippen molar-refractivity contribution in [1.29, 1.82) is 0 Å². The Labute approximate surface area is 171 Å². The maximum Gasteiger partial charge on any atom is 0.416 e. The summed E-state index contributed by atoms with van der Waals surface area (Å²) in [6.07, 6.45) is -4.88. The van der Waals surface area contributed by atoms with Crippen LogP contribution in [0.2, 0.25) is 0 Å². The van der Waals surface area contributed by atoms with Crippen molar-refractivity contribution in [3.63, 3.8) is 0 Å². The summed E-state index contributed by atoms with van der Waals surface area (Å²) >= 11 is 3.00. The molecule has 0 amide bonds. The van der Waals surface area contributed by atoms with Gasteiger partial charge in [-0.15, -0.1) is 0 Å². The Balaban J connectivity index is 2.45. The molecule has 2 N–H and O–H groups in total. The minimum Gasteiger partial charge on any atom is -0.478 e. The molecule has 0 atom stereocenters. The highest BCUT2D eigenvalue weighted by Gasteiger charge is 2.32. The topological polar surface area (TPSA) is 110 Å². The van der Waals surface area contributed by atoms with E-state index in [4.69, 9.17) is 9.84 Å².